The molecular weight excluding hydrogens is 394 g/mol. The predicted molar refractivity (Wildman–Crippen MR) is 112 cm³/mol. The molecule has 28 heavy (non-hydrogen) atoms. The van der Waals surface area contributed by atoms with E-state index in [1.54, 1.807) is 16.4 Å². The standard InChI is InChI=1S/C20H25N3O3S2/c1-16-8-4-5-9-18(16)22-19(24)15-27-20-11-10-17(14-21-20)28(25,26)23-12-6-2-3-7-13-23/h4-5,8-11,14H,2-3,6-7,12-13,15H2,1H3,(H,22,24). The van der Waals surface area contributed by atoms with E-state index in [9.17, 15) is 13.2 Å². The Kier molecular flexibility index (Phi) is 7.09. The molecule has 3 rings (SSSR count). The summed E-state index contributed by atoms with van der Waals surface area (Å²) in [7, 11) is -3.50. The molecule has 150 valence electrons. The van der Waals surface area contributed by atoms with Crippen LogP contribution >= 0.6 is 11.8 Å². The zero-order valence-corrected chi connectivity index (χ0v) is 17.6. The van der Waals surface area contributed by atoms with Gasteiger partial charge in [-0.2, -0.15) is 4.31 Å². The third-order valence-corrected chi connectivity index (χ3v) is 7.51. The number of pyridine rings is 1. The molecule has 0 unspecified atom stereocenters. The van der Waals surface area contributed by atoms with Crippen LogP contribution in [-0.2, 0) is 14.8 Å². The van der Waals surface area contributed by atoms with Gasteiger partial charge in [-0.25, -0.2) is 13.4 Å². The van der Waals surface area contributed by atoms with Gasteiger partial charge in [0, 0.05) is 25.0 Å². The molecule has 1 aromatic carbocycles. The minimum atomic E-state index is -3.50. The number of nitrogens with zero attached hydrogens (tertiary/aromatic N) is 2. The number of thioether (sulfide) groups is 1. The summed E-state index contributed by atoms with van der Waals surface area (Å²) >= 11 is 1.28. The topological polar surface area (TPSA) is 79.4 Å². The summed E-state index contributed by atoms with van der Waals surface area (Å²) in [5.74, 6) is 0.0851. The Morgan fingerprint density at radius 2 is 1.82 bits per heavy atom. The molecule has 0 bridgehead atoms. The Morgan fingerprint density at radius 3 is 2.46 bits per heavy atom. The van der Waals surface area contributed by atoms with E-state index in [1.807, 2.05) is 31.2 Å². The van der Waals surface area contributed by atoms with Gasteiger partial charge in [0.15, 0.2) is 0 Å². The molecule has 0 radical (unpaired) electrons. The number of nitrogens with one attached hydrogen (secondary N) is 1. The highest BCUT2D eigenvalue weighted by Crippen LogP contribution is 2.22. The third kappa shape index (κ3) is 5.33. The number of aromatic nitrogens is 1. The number of carbonyl (C=O) groups excluding carboxylic acids is 1. The van der Waals surface area contributed by atoms with Crippen molar-refractivity contribution in [3.05, 3.63) is 48.2 Å². The Morgan fingerprint density at radius 1 is 1.11 bits per heavy atom. The van der Waals surface area contributed by atoms with Gasteiger partial charge in [-0.1, -0.05) is 42.8 Å². The van der Waals surface area contributed by atoms with Gasteiger partial charge in [-0.05, 0) is 43.5 Å². The van der Waals surface area contributed by atoms with Crippen LogP contribution in [0.2, 0.25) is 0 Å². The summed E-state index contributed by atoms with van der Waals surface area (Å²) in [5, 5.41) is 3.50. The summed E-state index contributed by atoms with van der Waals surface area (Å²) in [6.45, 7) is 3.07. The van der Waals surface area contributed by atoms with Crippen molar-refractivity contribution >= 4 is 33.4 Å². The monoisotopic (exact) mass is 419 g/mol. The second-order valence-electron chi connectivity index (χ2n) is 6.80. The third-order valence-electron chi connectivity index (χ3n) is 4.68. The summed E-state index contributed by atoms with van der Waals surface area (Å²) in [6.07, 6.45) is 5.34. The quantitative estimate of drug-likeness (QED) is 0.723. The Labute approximate surface area is 170 Å². The molecule has 1 saturated heterocycles. The zero-order valence-electron chi connectivity index (χ0n) is 15.9. The molecule has 1 aliphatic rings. The van der Waals surface area contributed by atoms with E-state index in [0.29, 0.717) is 18.1 Å². The molecule has 1 aromatic heterocycles. The minimum absolute atomic E-state index is 0.123. The highest BCUT2D eigenvalue weighted by atomic mass is 32.2. The maximum absolute atomic E-state index is 12.8. The van der Waals surface area contributed by atoms with E-state index < -0.39 is 10.0 Å². The molecule has 8 heteroatoms. The predicted octanol–water partition coefficient (Wildman–Crippen LogP) is 3.69. The number of hydrogen-bond donors (Lipinski definition) is 1. The van der Waals surface area contributed by atoms with Gasteiger partial charge in [0.25, 0.3) is 0 Å². The molecular formula is C20H25N3O3S2. The van der Waals surface area contributed by atoms with Crippen molar-refractivity contribution in [3.63, 3.8) is 0 Å². The van der Waals surface area contributed by atoms with Crippen LogP contribution in [0, 0.1) is 6.92 Å². The first kappa shape index (κ1) is 20.8. The SMILES string of the molecule is Cc1ccccc1NC(=O)CSc1ccc(S(=O)(=O)N2CCCCCC2)cn1. The molecule has 2 heterocycles. The summed E-state index contributed by atoms with van der Waals surface area (Å²) < 4.78 is 27.1. The van der Waals surface area contributed by atoms with Crippen LogP contribution < -0.4 is 5.32 Å². The molecule has 6 nitrogen and oxygen atoms in total. The van der Waals surface area contributed by atoms with E-state index in [2.05, 4.69) is 10.3 Å². The first-order valence-electron chi connectivity index (χ1n) is 9.41. The number of amides is 1. The Hall–Kier alpha value is -1.90. The molecule has 1 fully saturated rings. The van der Waals surface area contributed by atoms with Gasteiger partial charge >= 0.3 is 0 Å². The normalized spacial score (nSPS) is 15.8. The fourth-order valence-electron chi connectivity index (χ4n) is 3.07. The molecule has 0 atom stereocenters. The lowest BCUT2D eigenvalue weighted by atomic mass is 10.2. The fourth-order valence-corrected chi connectivity index (χ4v) is 5.18. The zero-order chi connectivity index (χ0) is 20.0. The number of benzene rings is 1. The van der Waals surface area contributed by atoms with Crippen LogP contribution in [-0.4, -0.2) is 42.5 Å². The van der Waals surface area contributed by atoms with Crippen LogP contribution in [0.4, 0.5) is 5.69 Å². The second kappa shape index (κ2) is 9.54. The molecule has 2 aromatic rings. The number of aryl methyl sites for hydroxylation is 1. The molecule has 0 spiro atoms. The molecule has 1 N–H and O–H groups in total. The summed E-state index contributed by atoms with van der Waals surface area (Å²) in [4.78, 5) is 16.6. The van der Waals surface area contributed by atoms with Gasteiger partial charge in [-0.15, -0.1) is 0 Å². The van der Waals surface area contributed by atoms with Crippen LogP contribution in [0.3, 0.4) is 0 Å². The number of carbonyl (C=O) groups is 1. The number of anilines is 1. The number of rotatable bonds is 6. The van der Waals surface area contributed by atoms with Crippen molar-refractivity contribution in [2.75, 3.05) is 24.2 Å². The van der Waals surface area contributed by atoms with Crippen molar-refractivity contribution in [1.29, 1.82) is 0 Å². The molecule has 0 aliphatic carbocycles. The first-order chi connectivity index (χ1) is 13.5. The lowest BCUT2D eigenvalue weighted by Gasteiger charge is -2.19. The van der Waals surface area contributed by atoms with Crippen molar-refractivity contribution in [1.82, 2.24) is 9.29 Å². The smallest absolute Gasteiger partial charge is 0.244 e. The van der Waals surface area contributed by atoms with Crippen LogP contribution in [0.5, 0.6) is 0 Å². The van der Waals surface area contributed by atoms with E-state index in [-0.39, 0.29) is 16.6 Å². The van der Waals surface area contributed by atoms with Gasteiger partial charge in [0.1, 0.15) is 4.90 Å². The maximum atomic E-state index is 12.8. The van der Waals surface area contributed by atoms with Crippen LogP contribution in [0.25, 0.3) is 0 Å². The van der Waals surface area contributed by atoms with E-state index in [4.69, 9.17) is 0 Å². The fraction of sp³-hybridized carbons (Fsp3) is 0.400. The van der Waals surface area contributed by atoms with E-state index >= 15 is 0 Å². The maximum Gasteiger partial charge on any atom is 0.244 e. The van der Waals surface area contributed by atoms with Crippen molar-refractivity contribution in [2.45, 2.75) is 42.5 Å². The Bertz CT molecular complexity index is 907. The number of hydrogen-bond acceptors (Lipinski definition) is 5. The Balaban J connectivity index is 1.58. The summed E-state index contributed by atoms with van der Waals surface area (Å²) in [6, 6.07) is 10.8. The summed E-state index contributed by atoms with van der Waals surface area (Å²) in [5.41, 5.74) is 1.79. The van der Waals surface area contributed by atoms with E-state index in [0.717, 1.165) is 36.9 Å². The van der Waals surface area contributed by atoms with Crippen LogP contribution in [0.15, 0.2) is 52.5 Å². The lowest BCUT2D eigenvalue weighted by Crippen LogP contribution is -2.32. The van der Waals surface area contributed by atoms with Gasteiger partial charge < -0.3 is 5.32 Å². The van der Waals surface area contributed by atoms with E-state index in [1.165, 1.54) is 18.0 Å². The first-order valence-corrected chi connectivity index (χ1v) is 11.8. The van der Waals surface area contributed by atoms with Crippen molar-refractivity contribution < 1.29 is 13.2 Å². The highest BCUT2D eigenvalue weighted by Gasteiger charge is 2.25. The average molecular weight is 420 g/mol. The minimum Gasteiger partial charge on any atom is -0.325 e. The average Bonchev–Trinajstić information content (AvgIpc) is 2.99. The molecule has 1 aliphatic heterocycles. The molecule has 0 saturated carbocycles. The second-order valence-corrected chi connectivity index (χ2v) is 9.74. The van der Waals surface area contributed by atoms with Gasteiger partial charge in [-0.3, -0.25) is 4.79 Å². The van der Waals surface area contributed by atoms with Gasteiger partial charge in [0.2, 0.25) is 15.9 Å². The number of para-hydroxylation sites is 1. The number of sulfonamides is 1. The highest BCUT2D eigenvalue weighted by molar-refractivity contribution is 7.99. The van der Waals surface area contributed by atoms with Crippen molar-refractivity contribution in [3.8, 4) is 0 Å². The largest absolute Gasteiger partial charge is 0.325 e. The van der Waals surface area contributed by atoms with Crippen LogP contribution in [0.1, 0.15) is 31.2 Å². The lowest BCUT2D eigenvalue weighted by molar-refractivity contribution is -0.113. The van der Waals surface area contributed by atoms with Crippen molar-refractivity contribution in [2.24, 2.45) is 0 Å². The molecule has 1 amide bonds. The van der Waals surface area contributed by atoms with Gasteiger partial charge in [0.05, 0.1) is 10.8 Å².